The second-order valence-corrected chi connectivity index (χ2v) is 5.45. The van der Waals surface area contributed by atoms with Gasteiger partial charge in [0.2, 0.25) is 0 Å². The van der Waals surface area contributed by atoms with Crippen LogP contribution >= 0.6 is 27.3 Å². The van der Waals surface area contributed by atoms with Crippen LogP contribution in [0.5, 0.6) is 0 Å². The van der Waals surface area contributed by atoms with Gasteiger partial charge < -0.3 is 5.32 Å². The van der Waals surface area contributed by atoms with Crippen LogP contribution in [-0.2, 0) is 13.1 Å². The van der Waals surface area contributed by atoms with Gasteiger partial charge in [-0.15, -0.1) is 11.3 Å². The van der Waals surface area contributed by atoms with Crippen molar-refractivity contribution in [2.45, 2.75) is 20.0 Å². The van der Waals surface area contributed by atoms with E-state index in [-0.39, 0.29) is 0 Å². The molecule has 0 unspecified atom stereocenters. The zero-order valence-corrected chi connectivity index (χ0v) is 11.4. The van der Waals surface area contributed by atoms with Crippen LogP contribution < -0.4 is 5.32 Å². The molecule has 2 rings (SSSR count). The van der Waals surface area contributed by atoms with Crippen LogP contribution in [0.15, 0.2) is 34.2 Å². The number of rotatable bonds is 4. The van der Waals surface area contributed by atoms with Gasteiger partial charge in [0.15, 0.2) is 0 Å². The number of halogens is 1. The van der Waals surface area contributed by atoms with Crippen molar-refractivity contribution in [3.63, 3.8) is 0 Å². The quantitative estimate of drug-likeness (QED) is 0.934. The molecule has 0 saturated heterocycles. The molecule has 2 aromatic rings. The SMILES string of the molecule is Cc1cc(CNCc2nccs2)ccc1Br. The fourth-order valence-corrected chi connectivity index (χ4v) is 2.30. The van der Waals surface area contributed by atoms with Crippen LogP contribution in [-0.4, -0.2) is 4.98 Å². The molecule has 0 aliphatic rings. The maximum Gasteiger partial charge on any atom is 0.106 e. The molecule has 2 nitrogen and oxygen atoms in total. The van der Waals surface area contributed by atoms with Gasteiger partial charge in [0.05, 0.1) is 0 Å². The molecule has 1 heterocycles. The van der Waals surface area contributed by atoms with Gasteiger partial charge in [-0.3, -0.25) is 0 Å². The van der Waals surface area contributed by atoms with E-state index in [0.717, 1.165) is 22.6 Å². The van der Waals surface area contributed by atoms with Crippen molar-refractivity contribution in [3.8, 4) is 0 Å². The summed E-state index contributed by atoms with van der Waals surface area (Å²) in [7, 11) is 0. The van der Waals surface area contributed by atoms with E-state index in [1.54, 1.807) is 11.3 Å². The van der Waals surface area contributed by atoms with Crippen LogP contribution in [0.3, 0.4) is 0 Å². The van der Waals surface area contributed by atoms with Crippen LogP contribution in [0.25, 0.3) is 0 Å². The molecular weight excluding hydrogens is 284 g/mol. The van der Waals surface area contributed by atoms with Gasteiger partial charge in [0.1, 0.15) is 5.01 Å². The van der Waals surface area contributed by atoms with Gasteiger partial charge in [-0.25, -0.2) is 4.98 Å². The van der Waals surface area contributed by atoms with Gasteiger partial charge in [-0.2, -0.15) is 0 Å². The summed E-state index contributed by atoms with van der Waals surface area (Å²) in [5, 5.41) is 6.52. The Morgan fingerprint density at radius 3 is 2.94 bits per heavy atom. The molecule has 84 valence electrons. The maximum absolute atomic E-state index is 4.23. The zero-order chi connectivity index (χ0) is 11.4. The molecule has 1 aromatic heterocycles. The van der Waals surface area contributed by atoms with Crippen molar-refractivity contribution in [2.75, 3.05) is 0 Å². The molecule has 0 amide bonds. The normalized spacial score (nSPS) is 10.6. The molecule has 1 N–H and O–H groups in total. The largest absolute Gasteiger partial charge is 0.306 e. The summed E-state index contributed by atoms with van der Waals surface area (Å²) in [6.07, 6.45) is 1.84. The third kappa shape index (κ3) is 3.14. The van der Waals surface area contributed by atoms with Gasteiger partial charge in [-0.05, 0) is 24.1 Å². The second-order valence-electron chi connectivity index (χ2n) is 3.61. The Balaban J connectivity index is 1.87. The maximum atomic E-state index is 4.23. The molecule has 0 aliphatic heterocycles. The van der Waals surface area contributed by atoms with Crippen molar-refractivity contribution in [1.29, 1.82) is 0 Å². The Morgan fingerprint density at radius 2 is 2.25 bits per heavy atom. The molecule has 16 heavy (non-hydrogen) atoms. The lowest BCUT2D eigenvalue weighted by atomic mass is 10.1. The number of aryl methyl sites for hydroxylation is 1. The average Bonchev–Trinajstić information content (AvgIpc) is 2.76. The molecule has 0 saturated carbocycles. The molecule has 1 aromatic carbocycles. The van der Waals surface area contributed by atoms with E-state index in [4.69, 9.17) is 0 Å². The lowest BCUT2D eigenvalue weighted by molar-refractivity contribution is 0.689. The van der Waals surface area contributed by atoms with Gasteiger partial charge in [-0.1, -0.05) is 28.1 Å². The minimum Gasteiger partial charge on any atom is -0.306 e. The predicted octanol–water partition coefficient (Wildman–Crippen LogP) is 3.50. The van der Waals surface area contributed by atoms with E-state index in [9.17, 15) is 0 Å². The van der Waals surface area contributed by atoms with E-state index in [2.05, 4.69) is 51.4 Å². The highest BCUT2D eigenvalue weighted by Crippen LogP contribution is 2.17. The third-order valence-corrected chi connectivity index (χ3v) is 3.98. The summed E-state index contributed by atoms with van der Waals surface area (Å²) in [5.41, 5.74) is 2.57. The first-order valence-electron chi connectivity index (χ1n) is 5.10. The van der Waals surface area contributed by atoms with Crippen LogP contribution in [0.1, 0.15) is 16.1 Å². The zero-order valence-electron chi connectivity index (χ0n) is 9.03. The van der Waals surface area contributed by atoms with E-state index in [1.165, 1.54) is 11.1 Å². The van der Waals surface area contributed by atoms with Crippen LogP contribution in [0.4, 0.5) is 0 Å². The summed E-state index contributed by atoms with van der Waals surface area (Å²) in [6, 6.07) is 6.42. The number of nitrogens with zero attached hydrogens (tertiary/aromatic N) is 1. The number of hydrogen-bond donors (Lipinski definition) is 1. The van der Waals surface area contributed by atoms with E-state index in [1.807, 2.05) is 11.6 Å². The smallest absolute Gasteiger partial charge is 0.106 e. The molecule has 0 fully saturated rings. The van der Waals surface area contributed by atoms with E-state index in [0.29, 0.717) is 0 Å². The van der Waals surface area contributed by atoms with Crippen molar-refractivity contribution in [2.24, 2.45) is 0 Å². The first-order chi connectivity index (χ1) is 7.75. The molecule has 4 heteroatoms. The van der Waals surface area contributed by atoms with Gasteiger partial charge in [0, 0.05) is 29.1 Å². The van der Waals surface area contributed by atoms with Gasteiger partial charge >= 0.3 is 0 Å². The van der Waals surface area contributed by atoms with E-state index >= 15 is 0 Å². The van der Waals surface area contributed by atoms with Crippen molar-refractivity contribution in [1.82, 2.24) is 10.3 Å². The molecular formula is C12H13BrN2S. The number of thiazole rings is 1. The summed E-state index contributed by atoms with van der Waals surface area (Å²) in [4.78, 5) is 4.23. The average molecular weight is 297 g/mol. The number of aromatic nitrogens is 1. The molecule has 0 spiro atoms. The molecule has 0 atom stereocenters. The highest BCUT2D eigenvalue weighted by molar-refractivity contribution is 9.10. The summed E-state index contributed by atoms with van der Waals surface area (Å²) >= 11 is 5.18. The highest BCUT2D eigenvalue weighted by Gasteiger charge is 1.98. The van der Waals surface area contributed by atoms with Crippen molar-refractivity contribution in [3.05, 3.63) is 50.4 Å². The highest BCUT2D eigenvalue weighted by atomic mass is 79.9. The summed E-state index contributed by atoms with van der Waals surface area (Å²) < 4.78 is 1.16. The Kier molecular flexibility index (Phi) is 4.09. The fraction of sp³-hybridized carbons (Fsp3) is 0.250. The van der Waals surface area contributed by atoms with Crippen molar-refractivity contribution < 1.29 is 0 Å². The summed E-state index contributed by atoms with van der Waals surface area (Å²) in [5.74, 6) is 0. The molecule has 0 radical (unpaired) electrons. The Hall–Kier alpha value is -0.710. The van der Waals surface area contributed by atoms with Crippen LogP contribution in [0.2, 0.25) is 0 Å². The standard InChI is InChI=1S/C12H13BrN2S/c1-9-6-10(2-3-11(9)13)7-14-8-12-15-4-5-16-12/h2-6,14H,7-8H2,1H3. The Morgan fingerprint density at radius 1 is 1.38 bits per heavy atom. The Labute approximate surface area is 108 Å². The number of nitrogens with one attached hydrogen (secondary N) is 1. The minimum absolute atomic E-state index is 0.840. The van der Waals surface area contributed by atoms with Crippen molar-refractivity contribution >= 4 is 27.3 Å². The van der Waals surface area contributed by atoms with Gasteiger partial charge in [0.25, 0.3) is 0 Å². The monoisotopic (exact) mass is 296 g/mol. The molecule has 0 aliphatic carbocycles. The second kappa shape index (κ2) is 5.57. The minimum atomic E-state index is 0.840. The first kappa shape index (κ1) is 11.8. The number of hydrogen-bond acceptors (Lipinski definition) is 3. The predicted molar refractivity (Wildman–Crippen MR) is 71.5 cm³/mol. The molecule has 0 bridgehead atoms. The summed E-state index contributed by atoms with van der Waals surface area (Å²) in [6.45, 7) is 3.83. The fourth-order valence-electron chi connectivity index (χ4n) is 1.47. The van der Waals surface area contributed by atoms with Crippen LogP contribution in [0, 0.1) is 6.92 Å². The first-order valence-corrected chi connectivity index (χ1v) is 6.77. The topological polar surface area (TPSA) is 24.9 Å². The number of benzene rings is 1. The lowest BCUT2D eigenvalue weighted by Crippen LogP contribution is -2.12. The van der Waals surface area contributed by atoms with E-state index < -0.39 is 0 Å². The third-order valence-electron chi connectivity index (χ3n) is 2.31. The Bertz CT molecular complexity index is 454. The lowest BCUT2D eigenvalue weighted by Gasteiger charge is -2.05.